The second-order valence-electron chi connectivity index (χ2n) is 4.77. The highest BCUT2D eigenvalue weighted by Gasteiger charge is 2.12. The van der Waals surface area contributed by atoms with Crippen molar-refractivity contribution in [1.29, 1.82) is 0 Å². The van der Waals surface area contributed by atoms with Gasteiger partial charge < -0.3 is 4.57 Å². The van der Waals surface area contributed by atoms with Crippen LogP contribution in [0.3, 0.4) is 0 Å². The van der Waals surface area contributed by atoms with Gasteiger partial charge in [0.15, 0.2) is 5.82 Å². The second kappa shape index (κ2) is 3.89. The Hall–Kier alpha value is -1.38. The predicted molar refractivity (Wildman–Crippen MR) is 64.2 cm³/mol. The van der Waals surface area contributed by atoms with E-state index in [1.807, 2.05) is 10.6 Å². The number of nitrogens with zero attached hydrogens (tertiary/aromatic N) is 2. The number of aromatic nitrogens is 2. The molecule has 0 aliphatic carbocycles. The highest BCUT2D eigenvalue weighted by molar-refractivity contribution is 5.77. The quantitative estimate of drug-likeness (QED) is 0.751. The number of benzene rings is 1. The van der Waals surface area contributed by atoms with Gasteiger partial charge in [0.2, 0.25) is 0 Å². The van der Waals surface area contributed by atoms with Gasteiger partial charge in [-0.05, 0) is 37.5 Å². The number of imidazole rings is 1. The fraction of sp³-hybridized carbons (Fsp3) is 0.462. The molecule has 16 heavy (non-hydrogen) atoms. The molecule has 0 saturated carbocycles. The Labute approximate surface area is 95.1 Å². The highest BCUT2D eigenvalue weighted by Crippen LogP contribution is 2.25. The van der Waals surface area contributed by atoms with E-state index >= 15 is 0 Å². The molecule has 0 aliphatic rings. The van der Waals surface area contributed by atoms with E-state index in [1.165, 1.54) is 0 Å². The normalized spacial score (nSPS) is 11.9. The van der Waals surface area contributed by atoms with E-state index < -0.39 is 0 Å². The number of hydrogen-bond acceptors (Lipinski definition) is 1. The summed E-state index contributed by atoms with van der Waals surface area (Å²) in [7, 11) is 0. The van der Waals surface area contributed by atoms with Crippen molar-refractivity contribution in [1.82, 2.24) is 9.55 Å². The molecule has 0 amide bonds. The van der Waals surface area contributed by atoms with Crippen molar-refractivity contribution in [3.8, 4) is 0 Å². The Balaban J connectivity index is 2.71. The van der Waals surface area contributed by atoms with E-state index in [0.717, 1.165) is 11.1 Å². The molecule has 0 atom stereocenters. The third-order valence-corrected chi connectivity index (χ3v) is 2.88. The summed E-state index contributed by atoms with van der Waals surface area (Å²) in [6, 6.07) is 3.92. The summed E-state index contributed by atoms with van der Waals surface area (Å²) >= 11 is 0. The topological polar surface area (TPSA) is 17.8 Å². The molecule has 0 bridgehead atoms. The van der Waals surface area contributed by atoms with E-state index in [-0.39, 0.29) is 5.82 Å². The predicted octanol–water partition coefficient (Wildman–Crippen LogP) is 3.88. The molecule has 0 spiro atoms. The Kier molecular flexibility index (Phi) is 2.70. The lowest BCUT2D eigenvalue weighted by Crippen LogP contribution is -1.99. The first-order valence-electron chi connectivity index (χ1n) is 5.66. The summed E-state index contributed by atoms with van der Waals surface area (Å²) < 4.78 is 15.8. The fourth-order valence-corrected chi connectivity index (χ4v) is 1.86. The molecule has 0 fully saturated rings. The average molecular weight is 220 g/mol. The van der Waals surface area contributed by atoms with Crippen LogP contribution in [-0.2, 0) is 0 Å². The Morgan fingerprint density at radius 3 is 2.44 bits per heavy atom. The molecule has 0 aliphatic heterocycles. The van der Waals surface area contributed by atoms with Crippen LogP contribution in [0.5, 0.6) is 0 Å². The van der Waals surface area contributed by atoms with Gasteiger partial charge in [0.1, 0.15) is 5.52 Å². The standard InChI is InChI=1S/C13H17FN2/c1-8(2)10-5-11(14)13-12(6-10)16(7-15-13)9(3)4/h5-9H,1-4H3. The first-order valence-corrected chi connectivity index (χ1v) is 5.66. The fourth-order valence-electron chi connectivity index (χ4n) is 1.86. The van der Waals surface area contributed by atoms with Gasteiger partial charge in [-0.1, -0.05) is 13.8 Å². The van der Waals surface area contributed by atoms with Crippen molar-refractivity contribution in [2.24, 2.45) is 0 Å². The van der Waals surface area contributed by atoms with Crippen LogP contribution >= 0.6 is 0 Å². The Bertz CT molecular complexity index is 512. The summed E-state index contributed by atoms with van der Waals surface area (Å²) in [5.41, 5.74) is 2.38. The van der Waals surface area contributed by atoms with Gasteiger partial charge in [0.25, 0.3) is 0 Å². The number of fused-ring (bicyclic) bond motifs is 1. The molecule has 1 heterocycles. The van der Waals surface area contributed by atoms with Crippen LogP contribution in [-0.4, -0.2) is 9.55 Å². The Morgan fingerprint density at radius 2 is 1.88 bits per heavy atom. The summed E-state index contributed by atoms with van der Waals surface area (Å²) in [5.74, 6) is 0.106. The van der Waals surface area contributed by atoms with Crippen LogP contribution in [0.4, 0.5) is 4.39 Å². The summed E-state index contributed by atoms with van der Waals surface area (Å²) in [6.45, 7) is 8.27. The SMILES string of the molecule is CC(C)c1cc(F)c2ncn(C(C)C)c2c1. The lowest BCUT2D eigenvalue weighted by Gasteiger charge is -2.10. The van der Waals surface area contributed by atoms with Gasteiger partial charge in [-0.3, -0.25) is 0 Å². The maximum absolute atomic E-state index is 13.8. The molecule has 3 heteroatoms. The summed E-state index contributed by atoms with van der Waals surface area (Å²) in [5, 5.41) is 0. The molecule has 2 nitrogen and oxygen atoms in total. The monoisotopic (exact) mass is 220 g/mol. The molecule has 86 valence electrons. The molecule has 1 aromatic heterocycles. The largest absolute Gasteiger partial charge is 0.328 e. The van der Waals surface area contributed by atoms with Crippen LogP contribution < -0.4 is 0 Å². The Morgan fingerprint density at radius 1 is 1.19 bits per heavy atom. The number of hydrogen-bond donors (Lipinski definition) is 0. The molecule has 0 N–H and O–H groups in total. The zero-order valence-electron chi connectivity index (χ0n) is 10.2. The van der Waals surface area contributed by atoms with Crippen LogP contribution in [0, 0.1) is 5.82 Å². The van der Waals surface area contributed by atoms with Crippen molar-refractivity contribution in [2.45, 2.75) is 39.7 Å². The van der Waals surface area contributed by atoms with Gasteiger partial charge in [0.05, 0.1) is 11.8 Å². The maximum atomic E-state index is 13.8. The van der Waals surface area contributed by atoms with E-state index in [1.54, 1.807) is 12.4 Å². The van der Waals surface area contributed by atoms with E-state index in [0.29, 0.717) is 17.5 Å². The smallest absolute Gasteiger partial charge is 0.151 e. The lowest BCUT2D eigenvalue weighted by molar-refractivity contribution is 0.615. The van der Waals surface area contributed by atoms with Crippen LogP contribution in [0.25, 0.3) is 11.0 Å². The first kappa shape index (κ1) is 11.1. The van der Waals surface area contributed by atoms with Crippen LogP contribution in [0.15, 0.2) is 18.5 Å². The van der Waals surface area contributed by atoms with E-state index in [2.05, 4.69) is 32.7 Å². The molecule has 0 saturated heterocycles. The third-order valence-electron chi connectivity index (χ3n) is 2.88. The van der Waals surface area contributed by atoms with Crippen molar-refractivity contribution < 1.29 is 4.39 Å². The van der Waals surface area contributed by atoms with Gasteiger partial charge in [-0.25, -0.2) is 9.37 Å². The highest BCUT2D eigenvalue weighted by atomic mass is 19.1. The van der Waals surface area contributed by atoms with Crippen LogP contribution in [0.2, 0.25) is 0 Å². The van der Waals surface area contributed by atoms with Crippen LogP contribution in [0.1, 0.15) is 45.2 Å². The van der Waals surface area contributed by atoms with E-state index in [4.69, 9.17) is 0 Å². The maximum Gasteiger partial charge on any atom is 0.151 e. The second-order valence-corrected chi connectivity index (χ2v) is 4.77. The van der Waals surface area contributed by atoms with Gasteiger partial charge in [0, 0.05) is 6.04 Å². The molecule has 0 unspecified atom stereocenters. The zero-order chi connectivity index (χ0) is 11.9. The molecular formula is C13H17FN2. The van der Waals surface area contributed by atoms with E-state index in [9.17, 15) is 4.39 Å². The first-order chi connectivity index (χ1) is 7.50. The molecule has 2 rings (SSSR count). The minimum Gasteiger partial charge on any atom is -0.328 e. The minimum atomic E-state index is -0.222. The van der Waals surface area contributed by atoms with Crippen molar-refractivity contribution in [3.05, 3.63) is 29.8 Å². The average Bonchev–Trinajstić information content (AvgIpc) is 2.61. The molecular weight excluding hydrogens is 203 g/mol. The molecule has 0 radical (unpaired) electrons. The third kappa shape index (κ3) is 1.70. The molecule has 2 aromatic rings. The van der Waals surface area contributed by atoms with Crippen molar-refractivity contribution in [2.75, 3.05) is 0 Å². The summed E-state index contributed by atoms with van der Waals surface area (Å²) in [4.78, 5) is 4.13. The number of halogens is 1. The van der Waals surface area contributed by atoms with Crippen molar-refractivity contribution >= 4 is 11.0 Å². The van der Waals surface area contributed by atoms with Gasteiger partial charge >= 0.3 is 0 Å². The summed E-state index contributed by atoms with van der Waals surface area (Å²) in [6.07, 6.45) is 1.71. The number of rotatable bonds is 2. The van der Waals surface area contributed by atoms with Gasteiger partial charge in [-0.15, -0.1) is 0 Å². The van der Waals surface area contributed by atoms with Gasteiger partial charge in [-0.2, -0.15) is 0 Å². The van der Waals surface area contributed by atoms with Crippen molar-refractivity contribution in [3.63, 3.8) is 0 Å². The minimum absolute atomic E-state index is 0.222. The lowest BCUT2D eigenvalue weighted by atomic mass is 10.0. The molecule has 1 aromatic carbocycles. The zero-order valence-corrected chi connectivity index (χ0v) is 10.2.